The van der Waals surface area contributed by atoms with Gasteiger partial charge in [0.05, 0.1) is 0 Å². The second kappa shape index (κ2) is 8.18. The second-order valence-electron chi connectivity index (χ2n) is 5.26. The lowest BCUT2D eigenvalue weighted by Gasteiger charge is -2.29. The number of rotatable bonds is 7. The Bertz CT molecular complexity index is 527. The monoisotopic (exact) mass is 303 g/mol. The van der Waals surface area contributed by atoms with Crippen LogP contribution in [0.4, 0.5) is 0 Å². The fraction of sp³-hybridized carbons (Fsp3) is 0.333. The van der Waals surface area contributed by atoms with E-state index in [1.165, 1.54) is 11.1 Å². The van der Waals surface area contributed by atoms with Gasteiger partial charge in [-0.15, -0.1) is 0 Å². The maximum Gasteiger partial charge on any atom is 0.0443 e. The van der Waals surface area contributed by atoms with Crippen molar-refractivity contribution in [1.82, 2.24) is 4.90 Å². The van der Waals surface area contributed by atoms with Crippen molar-refractivity contribution in [1.29, 1.82) is 0 Å². The average molecular weight is 304 g/mol. The van der Waals surface area contributed by atoms with Crippen LogP contribution in [0, 0.1) is 0 Å². The molecule has 2 rings (SSSR count). The lowest BCUT2D eigenvalue weighted by molar-refractivity contribution is 0.176. The van der Waals surface area contributed by atoms with Gasteiger partial charge in [0, 0.05) is 30.8 Å². The molecule has 0 aliphatic heterocycles. The molecule has 1 N–H and O–H groups in total. The van der Waals surface area contributed by atoms with Crippen LogP contribution in [0.15, 0.2) is 54.6 Å². The summed E-state index contributed by atoms with van der Waals surface area (Å²) >= 11 is 5.96. The van der Waals surface area contributed by atoms with Gasteiger partial charge in [0.2, 0.25) is 0 Å². The summed E-state index contributed by atoms with van der Waals surface area (Å²) in [7, 11) is 0. The highest BCUT2D eigenvalue weighted by Crippen LogP contribution is 2.24. The molecule has 0 bridgehead atoms. The summed E-state index contributed by atoms with van der Waals surface area (Å²) < 4.78 is 0. The molecule has 21 heavy (non-hydrogen) atoms. The van der Waals surface area contributed by atoms with E-state index in [9.17, 15) is 0 Å². The zero-order chi connectivity index (χ0) is 15.1. The zero-order valence-electron chi connectivity index (χ0n) is 12.4. The highest BCUT2D eigenvalue weighted by Gasteiger charge is 2.15. The summed E-state index contributed by atoms with van der Waals surface area (Å²) in [6.45, 7) is 4.17. The van der Waals surface area contributed by atoms with Crippen molar-refractivity contribution in [3.63, 3.8) is 0 Å². The fourth-order valence-corrected chi connectivity index (χ4v) is 2.58. The molecule has 0 aliphatic rings. The Morgan fingerprint density at radius 1 is 1.05 bits per heavy atom. The Morgan fingerprint density at radius 3 is 2.33 bits per heavy atom. The van der Waals surface area contributed by atoms with Crippen molar-refractivity contribution >= 4 is 11.6 Å². The van der Waals surface area contributed by atoms with E-state index in [1.54, 1.807) is 0 Å². The van der Waals surface area contributed by atoms with E-state index in [4.69, 9.17) is 16.7 Å². The average Bonchev–Trinajstić information content (AvgIpc) is 2.52. The van der Waals surface area contributed by atoms with E-state index in [0.717, 1.165) is 24.5 Å². The van der Waals surface area contributed by atoms with Gasteiger partial charge in [-0.2, -0.15) is 0 Å². The van der Waals surface area contributed by atoms with Gasteiger partial charge in [-0.05, 0) is 36.6 Å². The van der Waals surface area contributed by atoms with Gasteiger partial charge in [-0.1, -0.05) is 54.1 Å². The van der Waals surface area contributed by atoms with Crippen LogP contribution in [0.1, 0.15) is 30.5 Å². The first-order valence-corrected chi connectivity index (χ1v) is 7.73. The van der Waals surface area contributed by atoms with Crippen LogP contribution in [0.2, 0.25) is 5.02 Å². The smallest absolute Gasteiger partial charge is 0.0443 e. The largest absolute Gasteiger partial charge is 0.396 e. The molecular formula is C18H22ClNO. The summed E-state index contributed by atoms with van der Waals surface area (Å²) in [4.78, 5) is 2.38. The summed E-state index contributed by atoms with van der Waals surface area (Å²) in [6.07, 6.45) is 0.783. The standard InChI is InChI=1S/C18H22ClNO/c1-15(17-8-10-18(19)11-9-17)20(12-5-13-21)14-16-6-3-2-4-7-16/h2-4,6-11,15,21H,5,12-14H2,1H3. The number of nitrogens with zero attached hydrogens (tertiary/aromatic N) is 1. The molecule has 0 aromatic heterocycles. The predicted octanol–water partition coefficient (Wildman–Crippen LogP) is 4.29. The van der Waals surface area contributed by atoms with Crippen molar-refractivity contribution in [3.8, 4) is 0 Å². The summed E-state index contributed by atoms with van der Waals surface area (Å²) in [5, 5.41) is 9.89. The van der Waals surface area contributed by atoms with Crippen LogP contribution in [0.5, 0.6) is 0 Å². The normalized spacial score (nSPS) is 12.6. The van der Waals surface area contributed by atoms with E-state index in [2.05, 4.69) is 48.2 Å². The molecule has 0 heterocycles. The fourth-order valence-electron chi connectivity index (χ4n) is 2.45. The minimum atomic E-state index is 0.221. The number of aliphatic hydroxyl groups is 1. The third-order valence-electron chi connectivity index (χ3n) is 3.73. The lowest BCUT2D eigenvalue weighted by atomic mass is 10.1. The van der Waals surface area contributed by atoms with Crippen molar-refractivity contribution < 1.29 is 5.11 Å². The second-order valence-corrected chi connectivity index (χ2v) is 5.70. The minimum Gasteiger partial charge on any atom is -0.396 e. The van der Waals surface area contributed by atoms with Gasteiger partial charge in [0.25, 0.3) is 0 Å². The highest BCUT2D eigenvalue weighted by atomic mass is 35.5. The predicted molar refractivity (Wildman–Crippen MR) is 88.4 cm³/mol. The Morgan fingerprint density at radius 2 is 1.71 bits per heavy atom. The molecule has 2 aromatic rings. The third-order valence-corrected chi connectivity index (χ3v) is 3.98. The first kappa shape index (κ1) is 16.0. The minimum absolute atomic E-state index is 0.221. The molecule has 1 atom stereocenters. The summed E-state index contributed by atoms with van der Waals surface area (Å²) in [5.41, 5.74) is 2.53. The van der Waals surface area contributed by atoms with Crippen LogP contribution >= 0.6 is 11.6 Å². The van der Waals surface area contributed by atoms with Gasteiger partial charge in [-0.3, -0.25) is 4.90 Å². The molecule has 2 nitrogen and oxygen atoms in total. The molecule has 0 saturated carbocycles. The first-order chi connectivity index (χ1) is 10.2. The van der Waals surface area contributed by atoms with Crippen LogP contribution < -0.4 is 0 Å². The topological polar surface area (TPSA) is 23.5 Å². The quantitative estimate of drug-likeness (QED) is 0.825. The number of aliphatic hydroxyl groups excluding tert-OH is 1. The van der Waals surface area contributed by atoms with Crippen molar-refractivity contribution in [2.24, 2.45) is 0 Å². The highest BCUT2D eigenvalue weighted by molar-refractivity contribution is 6.30. The number of halogens is 1. The van der Waals surface area contributed by atoms with Gasteiger partial charge in [-0.25, -0.2) is 0 Å². The third kappa shape index (κ3) is 4.85. The SMILES string of the molecule is CC(c1ccc(Cl)cc1)N(CCCO)Cc1ccccc1. The first-order valence-electron chi connectivity index (χ1n) is 7.35. The summed E-state index contributed by atoms with van der Waals surface area (Å²) in [5.74, 6) is 0. The number of benzene rings is 2. The number of hydrogen-bond acceptors (Lipinski definition) is 2. The number of hydrogen-bond donors (Lipinski definition) is 1. The van der Waals surface area contributed by atoms with E-state index in [0.29, 0.717) is 0 Å². The molecule has 2 aromatic carbocycles. The van der Waals surface area contributed by atoms with Gasteiger partial charge in [0.1, 0.15) is 0 Å². The van der Waals surface area contributed by atoms with E-state index in [-0.39, 0.29) is 12.6 Å². The van der Waals surface area contributed by atoms with Gasteiger partial charge < -0.3 is 5.11 Å². The van der Waals surface area contributed by atoms with Crippen LogP contribution in [-0.2, 0) is 6.54 Å². The van der Waals surface area contributed by atoms with Crippen LogP contribution in [0.25, 0.3) is 0 Å². The molecule has 0 radical (unpaired) electrons. The van der Waals surface area contributed by atoms with Crippen molar-refractivity contribution in [2.45, 2.75) is 25.9 Å². The Hall–Kier alpha value is -1.35. The van der Waals surface area contributed by atoms with E-state index in [1.807, 2.05) is 18.2 Å². The Kier molecular flexibility index (Phi) is 6.24. The van der Waals surface area contributed by atoms with Crippen LogP contribution in [-0.4, -0.2) is 23.2 Å². The lowest BCUT2D eigenvalue weighted by Crippen LogP contribution is -2.28. The van der Waals surface area contributed by atoms with Crippen molar-refractivity contribution in [2.75, 3.05) is 13.2 Å². The van der Waals surface area contributed by atoms with Gasteiger partial charge in [0.15, 0.2) is 0 Å². The molecule has 1 unspecified atom stereocenters. The maximum atomic E-state index is 9.13. The summed E-state index contributed by atoms with van der Waals surface area (Å²) in [6, 6.07) is 18.7. The molecule has 0 saturated heterocycles. The molecule has 0 aliphatic carbocycles. The molecular weight excluding hydrogens is 282 g/mol. The van der Waals surface area contributed by atoms with Gasteiger partial charge >= 0.3 is 0 Å². The molecule has 0 fully saturated rings. The molecule has 112 valence electrons. The Balaban J connectivity index is 2.12. The van der Waals surface area contributed by atoms with Crippen LogP contribution in [0.3, 0.4) is 0 Å². The molecule has 3 heteroatoms. The molecule has 0 spiro atoms. The Labute approximate surface area is 132 Å². The van der Waals surface area contributed by atoms with E-state index < -0.39 is 0 Å². The van der Waals surface area contributed by atoms with E-state index >= 15 is 0 Å². The molecule has 0 amide bonds. The zero-order valence-corrected chi connectivity index (χ0v) is 13.1. The van der Waals surface area contributed by atoms with Crippen molar-refractivity contribution in [3.05, 3.63) is 70.7 Å². The maximum absolute atomic E-state index is 9.13.